The van der Waals surface area contributed by atoms with Crippen LogP contribution in [0.5, 0.6) is 0 Å². The van der Waals surface area contributed by atoms with Crippen LogP contribution in [0, 0.1) is 0 Å². The summed E-state index contributed by atoms with van der Waals surface area (Å²) in [5, 5.41) is 9.95. The van der Waals surface area contributed by atoms with Gasteiger partial charge >= 0.3 is 0 Å². The van der Waals surface area contributed by atoms with Gasteiger partial charge in [0.1, 0.15) is 0 Å². The number of β-amino-alcohol motifs (C(OH)–C–C–N with tert-alkyl or cyclic N) is 1. The maximum atomic E-state index is 9.95. The highest BCUT2D eigenvalue weighted by Gasteiger charge is 2.24. The van der Waals surface area contributed by atoms with E-state index in [1.807, 2.05) is 0 Å². The lowest BCUT2D eigenvalue weighted by Gasteiger charge is -2.39. The normalized spacial score (nSPS) is 24.3. The first kappa shape index (κ1) is 15.9. The van der Waals surface area contributed by atoms with Gasteiger partial charge in [-0.1, -0.05) is 20.3 Å². The maximum absolute atomic E-state index is 9.95. The number of aliphatic hydroxyl groups is 1. The predicted molar refractivity (Wildman–Crippen MR) is 74.9 cm³/mol. The summed E-state index contributed by atoms with van der Waals surface area (Å²) in [6.07, 6.45) is 3.06. The van der Waals surface area contributed by atoms with Crippen molar-refractivity contribution in [2.75, 3.05) is 46.4 Å². The molecule has 0 aromatic rings. The summed E-state index contributed by atoms with van der Waals surface area (Å²) in [5.74, 6) is 0. The third kappa shape index (κ3) is 5.65. The van der Waals surface area contributed by atoms with Gasteiger partial charge in [-0.05, 0) is 19.9 Å². The van der Waals surface area contributed by atoms with Gasteiger partial charge in [0, 0.05) is 38.8 Å². The topological polar surface area (TPSA) is 35.9 Å². The zero-order valence-electron chi connectivity index (χ0n) is 12.3. The minimum Gasteiger partial charge on any atom is -0.389 e. The van der Waals surface area contributed by atoms with Crippen LogP contribution in [0.25, 0.3) is 0 Å². The molecule has 0 spiro atoms. The molecule has 0 aliphatic carbocycles. The molecule has 0 bridgehead atoms. The van der Waals surface area contributed by atoms with E-state index >= 15 is 0 Å². The lowest BCUT2D eigenvalue weighted by atomic mass is 10.1. The molecule has 0 saturated carbocycles. The average molecular weight is 258 g/mol. The molecule has 1 rings (SSSR count). The highest BCUT2D eigenvalue weighted by atomic mass is 16.5. The molecule has 108 valence electrons. The lowest BCUT2D eigenvalue weighted by Crippen LogP contribution is -2.53. The number of unbranched alkanes of at least 4 members (excludes halogenated alkanes) is 1. The molecule has 1 saturated heterocycles. The molecular weight excluding hydrogens is 228 g/mol. The fourth-order valence-electron chi connectivity index (χ4n) is 2.43. The Morgan fingerprint density at radius 3 is 2.78 bits per heavy atom. The quantitative estimate of drug-likeness (QED) is 0.664. The molecule has 0 aromatic heterocycles. The third-order valence-electron chi connectivity index (χ3n) is 3.75. The maximum Gasteiger partial charge on any atom is 0.0900 e. The summed E-state index contributed by atoms with van der Waals surface area (Å²) in [6, 6.07) is 0.631. The molecule has 4 heteroatoms. The van der Waals surface area contributed by atoms with Crippen molar-refractivity contribution in [1.29, 1.82) is 0 Å². The van der Waals surface area contributed by atoms with Gasteiger partial charge in [0.15, 0.2) is 0 Å². The Balaban J connectivity index is 2.17. The second kappa shape index (κ2) is 8.86. The van der Waals surface area contributed by atoms with Gasteiger partial charge in [0.2, 0.25) is 0 Å². The largest absolute Gasteiger partial charge is 0.389 e. The number of likely N-dealkylation sites (N-methyl/N-ethyl adjacent to an activating group) is 1. The van der Waals surface area contributed by atoms with E-state index in [0.717, 1.165) is 45.6 Å². The molecule has 1 aliphatic heterocycles. The van der Waals surface area contributed by atoms with E-state index in [4.69, 9.17) is 4.74 Å². The molecule has 2 atom stereocenters. The summed E-state index contributed by atoms with van der Waals surface area (Å²) < 4.78 is 5.46. The van der Waals surface area contributed by atoms with Crippen LogP contribution >= 0.6 is 0 Å². The second-order valence-corrected chi connectivity index (χ2v) is 5.38. The molecule has 0 aromatic carbocycles. The Labute approximate surface area is 112 Å². The predicted octanol–water partition coefficient (Wildman–Crippen LogP) is 1.19. The van der Waals surface area contributed by atoms with Crippen molar-refractivity contribution in [3.8, 4) is 0 Å². The van der Waals surface area contributed by atoms with Gasteiger partial charge in [-0.3, -0.25) is 4.90 Å². The number of aliphatic hydroxyl groups excluding tert-OH is 1. The summed E-state index contributed by atoms with van der Waals surface area (Å²) in [4.78, 5) is 4.78. The number of rotatable bonds is 8. The minimum atomic E-state index is -0.345. The highest BCUT2D eigenvalue weighted by Crippen LogP contribution is 2.11. The van der Waals surface area contributed by atoms with Crippen LogP contribution in [-0.4, -0.2) is 73.5 Å². The zero-order chi connectivity index (χ0) is 13.4. The molecule has 18 heavy (non-hydrogen) atoms. The molecule has 1 aliphatic rings. The van der Waals surface area contributed by atoms with E-state index < -0.39 is 0 Å². The van der Waals surface area contributed by atoms with Gasteiger partial charge in [-0.2, -0.15) is 0 Å². The van der Waals surface area contributed by atoms with Gasteiger partial charge < -0.3 is 14.7 Å². The average Bonchev–Trinajstić information content (AvgIpc) is 2.37. The lowest BCUT2D eigenvalue weighted by molar-refractivity contribution is -0.000495. The Morgan fingerprint density at radius 2 is 2.11 bits per heavy atom. The van der Waals surface area contributed by atoms with Crippen molar-refractivity contribution < 1.29 is 9.84 Å². The van der Waals surface area contributed by atoms with E-state index in [9.17, 15) is 5.11 Å². The zero-order valence-corrected chi connectivity index (χ0v) is 12.3. The molecule has 0 amide bonds. The Bertz CT molecular complexity index is 214. The molecule has 1 heterocycles. The molecule has 4 nitrogen and oxygen atoms in total. The number of nitrogens with zero attached hydrogens (tertiary/aromatic N) is 2. The first-order valence-corrected chi connectivity index (χ1v) is 7.35. The highest BCUT2D eigenvalue weighted by molar-refractivity contribution is 4.80. The summed E-state index contributed by atoms with van der Waals surface area (Å²) in [7, 11) is 2.19. The fraction of sp³-hybridized carbons (Fsp3) is 1.00. The molecule has 0 radical (unpaired) electrons. The van der Waals surface area contributed by atoms with Crippen molar-refractivity contribution in [3.63, 3.8) is 0 Å². The van der Waals surface area contributed by atoms with Crippen molar-refractivity contribution in [3.05, 3.63) is 0 Å². The molecule has 1 N–H and O–H groups in total. The van der Waals surface area contributed by atoms with Crippen molar-refractivity contribution in [1.82, 2.24) is 9.80 Å². The molecule has 1 fully saturated rings. The first-order chi connectivity index (χ1) is 8.67. The smallest absolute Gasteiger partial charge is 0.0900 e. The second-order valence-electron chi connectivity index (χ2n) is 5.38. The Morgan fingerprint density at radius 1 is 1.33 bits per heavy atom. The Kier molecular flexibility index (Phi) is 7.82. The summed E-state index contributed by atoms with van der Waals surface area (Å²) in [5.41, 5.74) is 0. The molecule has 2 unspecified atom stereocenters. The van der Waals surface area contributed by atoms with Gasteiger partial charge in [0.25, 0.3) is 0 Å². The van der Waals surface area contributed by atoms with Crippen LogP contribution in [0.3, 0.4) is 0 Å². The Hall–Kier alpha value is -0.160. The fourth-order valence-corrected chi connectivity index (χ4v) is 2.43. The van der Waals surface area contributed by atoms with Gasteiger partial charge in [-0.25, -0.2) is 0 Å². The van der Waals surface area contributed by atoms with E-state index in [1.54, 1.807) is 0 Å². The van der Waals surface area contributed by atoms with Crippen LogP contribution in [0.1, 0.15) is 33.1 Å². The van der Waals surface area contributed by atoms with Crippen molar-refractivity contribution in [2.45, 2.75) is 45.3 Å². The number of ether oxygens (including phenoxy) is 1. The minimum absolute atomic E-state index is 0.345. The SMILES string of the molecule is CCCCOCC(O)CN1CCN(C)C(CC)C1. The van der Waals surface area contributed by atoms with Crippen LogP contribution in [0.4, 0.5) is 0 Å². The monoisotopic (exact) mass is 258 g/mol. The van der Waals surface area contributed by atoms with E-state index in [-0.39, 0.29) is 6.10 Å². The standard InChI is InChI=1S/C14H30N2O2/c1-4-6-9-18-12-14(17)11-16-8-7-15(3)13(5-2)10-16/h13-14,17H,4-12H2,1-3H3. The number of hydrogen-bond acceptors (Lipinski definition) is 4. The van der Waals surface area contributed by atoms with Crippen LogP contribution in [0.15, 0.2) is 0 Å². The van der Waals surface area contributed by atoms with Gasteiger partial charge in [-0.15, -0.1) is 0 Å². The number of piperazine rings is 1. The van der Waals surface area contributed by atoms with E-state index in [0.29, 0.717) is 12.6 Å². The summed E-state index contributed by atoms with van der Waals surface area (Å²) in [6.45, 7) is 9.59. The summed E-state index contributed by atoms with van der Waals surface area (Å²) >= 11 is 0. The van der Waals surface area contributed by atoms with Crippen molar-refractivity contribution >= 4 is 0 Å². The van der Waals surface area contributed by atoms with Crippen LogP contribution in [0.2, 0.25) is 0 Å². The van der Waals surface area contributed by atoms with Crippen molar-refractivity contribution in [2.24, 2.45) is 0 Å². The van der Waals surface area contributed by atoms with E-state index in [1.165, 1.54) is 6.42 Å². The molecular formula is C14H30N2O2. The number of hydrogen-bond donors (Lipinski definition) is 1. The van der Waals surface area contributed by atoms with E-state index in [2.05, 4.69) is 30.7 Å². The van der Waals surface area contributed by atoms with Crippen LogP contribution < -0.4 is 0 Å². The third-order valence-corrected chi connectivity index (χ3v) is 3.75. The first-order valence-electron chi connectivity index (χ1n) is 7.35. The van der Waals surface area contributed by atoms with Gasteiger partial charge in [0.05, 0.1) is 12.7 Å². The van der Waals surface area contributed by atoms with Crippen LogP contribution in [-0.2, 0) is 4.74 Å².